The zero-order valence-corrected chi connectivity index (χ0v) is 11.9. The van der Waals surface area contributed by atoms with E-state index in [0.29, 0.717) is 12.0 Å². The maximum Gasteiger partial charge on any atom is 0.0934 e. The summed E-state index contributed by atoms with van der Waals surface area (Å²) in [4.78, 5) is 6.07. The Balaban J connectivity index is 2.68. The summed E-state index contributed by atoms with van der Waals surface area (Å²) in [6.07, 6.45) is 2.28. The summed E-state index contributed by atoms with van der Waals surface area (Å²) in [5.74, 6) is 0.692. The van der Waals surface area contributed by atoms with E-state index < -0.39 is 0 Å². The van der Waals surface area contributed by atoms with Gasteiger partial charge in [-0.25, -0.2) is 4.98 Å². The molecule has 2 nitrogen and oxygen atoms in total. The molecule has 0 radical (unpaired) electrons. The molecule has 1 atom stereocenters. The topological polar surface area (TPSA) is 24.9 Å². The molecule has 1 unspecified atom stereocenters. The first-order chi connectivity index (χ1) is 7.54. The second-order valence-electron chi connectivity index (χ2n) is 4.83. The number of nitrogens with zero attached hydrogens (tertiary/aromatic N) is 1. The molecule has 0 fully saturated rings. The summed E-state index contributed by atoms with van der Waals surface area (Å²) >= 11 is 1.87. The third-order valence-corrected chi connectivity index (χ3v) is 3.92. The average Bonchev–Trinajstić information content (AvgIpc) is 2.54. The number of hydrogen-bond donors (Lipinski definition) is 1. The van der Waals surface area contributed by atoms with Crippen molar-refractivity contribution in [3.8, 4) is 0 Å². The van der Waals surface area contributed by atoms with Gasteiger partial charge in [0, 0.05) is 17.3 Å². The summed E-state index contributed by atoms with van der Waals surface area (Å²) in [7, 11) is 0. The van der Waals surface area contributed by atoms with E-state index in [1.54, 1.807) is 0 Å². The van der Waals surface area contributed by atoms with E-state index in [2.05, 4.69) is 44.9 Å². The van der Waals surface area contributed by atoms with Crippen LogP contribution in [0.3, 0.4) is 0 Å². The Morgan fingerprint density at radius 3 is 2.56 bits per heavy atom. The van der Waals surface area contributed by atoms with E-state index in [-0.39, 0.29) is 0 Å². The van der Waals surface area contributed by atoms with Gasteiger partial charge in [0.25, 0.3) is 0 Å². The zero-order valence-electron chi connectivity index (χ0n) is 11.1. The lowest BCUT2D eigenvalue weighted by Crippen LogP contribution is -2.18. The fourth-order valence-electron chi connectivity index (χ4n) is 1.76. The molecule has 3 heteroatoms. The van der Waals surface area contributed by atoms with Crippen LogP contribution in [0.2, 0.25) is 0 Å². The third-order valence-electron chi connectivity index (χ3n) is 2.55. The van der Waals surface area contributed by atoms with Crippen LogP contribution >= 0.6 is 11.3 Å². The average molecular weight is 240 g/mol. The van der Waals surface area contributed by atoms with Crippen molar-refractivity contribution in [2.75, 3.05) is 6.54 Å². The molecule has 0 aliphatic rings. The normalized spacial score (nSPS) is 13.4. The molecule has 92 valence electrons. The van der Waals surface area contributed by atoms with Crippen LogP contribution in [0.4, 0.5) is 0 Å². The van der Waals surface area contributed by atoms with Gasteiger partial charge in [0.05, 0.1) is 10.7 Å². The molecule has 0 amide bonds. The molecule has 0 aliphatic carbocycles. The molecule has 0 saturated heterocycles. The van der Waals surface area contributed by atoms with Crippen LogP contribution < -0.4 is 5.32 Å². The van der Waals surface area contributed by atoms with E-state index in [0.717, 1.165) is 13.0 Å². The van der Waals surface area contributed by atoms with Crippen LogP contribution in [0.1, 0.15) is 55.7 Å². The standard InChI is InChI=1S/C13H24N2S/c1-6-7-14-10(4)13-11(5)15-12(16-13)8-9(2)3/h9-10,14H,6-8H2,1-5H3. The molecule has 0 saturated carbocycles. The first-order valence-electron chi connectivity index (χ1n) is 6.24. The van der Waals surface area contributed by atoms with Crippen LogP contribution in [-0.4, -0.2) is 11.5 Å². The summed E-state index contributed by atoms with van der Waals surface area (Å²) in [5, 5.41) is 4.81. The quantitative estimate of drug-likeness (QED) is 0.820. The number of nitrogens with one attached hydrogen (secondary N) is 1. The zero-order chi connectivity index (χ0) is 12.1. The lowest BCUT2D eigenvalue weighted by atomic mass is 10.1. The van der Waals surface area contributed by atoms with Crippen molar-refractivity contribution in [1.82, 2.24) is 10.3 Å². The lowest BCUT2D eigenvalue weighted by molar-refractivity contribution is 0.575. The van der Waals surface area contributed by atoms with Crippen molar-refractivity contribution in [3.63, 3.8) is 0 Å². The van der Waals surface area contributed by atoms with E-state index in [9.17, 15) is 0 Å². The highest BCUT2D eigenvalue weighted by Crippen LogP contribution is 2.26. The van der Waals surface area contributed by atoms with Gasteiger partial charge in [-0.2, -0.15) is 0 Å². The molecule has 0 spiro atoms. The van der Waals surface area contributed by atoms with E-state index >= 15 is 0 Å². The SMILES string of the molecule is CCCNC(C)c1sc(CC(C)C)nc1C. The van der Waals surface area contributed by atoms with E-state index in [1.165, 1.54) is 22.0 Å². The maximum absolute atomic E-state index is 4.66. The van der Waals surface area contributed by atoms with Gasteiger partial charge in [-0.15, -0.1) is 11.3 Å². The Morgan fingerprint density at radius 2 is 2.00 bits per heavy atom. The van der Waals surface area contributed by atoms with Crippen LogP contribution in [0.15, 0.2) is 0 Å². The van der Waals surface area contributed by atoms with Gasteiger partial charge in [-0.1, -0.05) is 20.8 Å². The summed E-state index contributed by atoms with van der Waals surface area (Å²) in [6.45, 7) is 12.1. The molecule has 16 heavy (non-hydrogen) atoms. The van der Waals surface area contributed by atoms with Crippen molar-refractivity contribution in [2.24, 2.45) is 5.92 Å². The predicted octanol–water partition coefficient (Wildman–Crippen LogP) is 3.71. The molecule has 1 aromatic heterocycles. The fraction of sp³-hybridized carbons (Fsp3) is 0.769. The Labute approximate surface area is 103 Å². The fourth-order valence-corrected chi connectivity index (χ4v) is 3.06. The Bertz CT molecular complexity index is 318. The van der Waals surface area contributed by atoms with E-state index in [1.807, 2.05) is 11.3 Å². The van der Waals surface area contributed by atoms with Gasteiger partial charge in [0.1, 0.15) is 0 Å². The second kappa shape index (κ2) is 6.36. The van der Waals surface area contributed by atoms with Crippen molar-refractivity contribution in [2.45, 2.75) is 53.5 Å². The molecule has 0 aliphatic heterocycles. The summed E-state index contributed by atoms with van der Waals surface area (Å²) in [6, 6.07) is 0.443. The van der Waals surface area contributed by atoms with Gasteiger partial charge >= 0.3 is 0 Å². The number of rotatable bonds is 6. The summed E-state index contributed by atoms with van der Waals surface area (Å²) in [5.41, 5.74) is 1.21. The van der Waals surface area contributed by atoms with Gasteiger partial charge in [0.15, 0.2) is 0 Å². The molecule has 1 heterocycles. The highest BCUT2D eigenvalue weighted by molar-refractivity contribution is 7.11. The number of hydrogen-bond acceptors (Lipinski definition) is 3. The van der Waals surface area contributed by atoms with Crippen molar-refractivity contribution in [1.29, 1.82) is 0 Å². The predicted molar refractivity (Wildman–Crippen MR) is 72.1 cm³/mol. The third kappa shape index (κ3) is 3.87. The van der Waals surface area contributed by atoms with Crippen LogP contribution in [0.25, 0.3) is 0 Å². The number of thiazole rings is 1. The van der Waals surface area contributed by atoms with Crippen LogP contribution in [0, 0.1) is 12.8 Å². The molecule has 0 aromatic carbocycles. The first-order valence-corrected chi connectivity index (χ1v) is 7.05. The van der Waals surface area contributed by atoms with Gasteiger partial charge in [-0.3, -0.25) is 0 Å². The Morgan fingerprint density at radius 1 is 1.31 bits per heavy atom. The highest BCUT2D eigenvalue weighted by atomic mass is 32.1. The lowest BCUT2D eigenvalue weighted by Gasteiger charge is -2.11. The minimum absolute atomic E-state index is 0.443. The molecular formula is C13H24N2S. The molecular weight excluding hydrogens is 216 g/mol. The maximum atomic E-state index is 4.66. The highest BCUT2D eigenvalue weighted by Gasteiger charge is 2.14. The van der Waals surface area contributed by atoms with Gasteiger partial charge < -0.3 is 5.32 Å². The minimum atomic E-state index is 0.443. The van der Waals surface area contributed by atoms with Gasteiger partial charge in [0.2, 0.25) is 0 Å². The first kappa shape index (κ1) is 13.7. The molecule has 1 N–H and O–H groups in total. The number of aryl methyl sites for hydroxylation is 1. The summed E-state index contributed by atoms with van der Waals surface area (Å²) < 4.78 is 0. The van der Waals surface area contributed by atoms with Crippen molar-refractivity contribution < 1.29 is 0 Å². The van der Waals surface area contributed by atoms with Crippen LogP contribution in [-0.2, 0) is 6.42 Å². The smallest absolute Gasteiger partial charge is 0.0934 e. The van der Waals surface area contributed by atoms with Crippen molar-refractivity contribution >= 4 is 11.3 Å². The molecule has 1 aromatic rings. The van der Waals surface area contributed by atoms with E-state index in [4.69, 9.17) is 0 Å². The Hall–Kier alpha value is -0.410. The molecule has 1 rings (SSSR count). The van der Waals surface area contributed by atoms with Gasteiger partial charge in [-0.05, 0) is 32.7 Å². The molecule has 0 bridgehead atoms. The monoisotopic (exact) mass is 240 g/mol. The Kier molecular flexibility index (Phi) is 5.42. The number of aromatic nitrogens is 1. The van der Waals surface area contributed by atoms with Crippen molar-refractivity contribution in [3.05, 3.63) is 15.6 Å². The largest absolute Gasteiger partial charge is 0.309 e. The van der Waals surface area contributed by atoms with Crippen LogP contribution in [0.5, 0.6) is 0 Å². The minimum Gasteiger partial charge on any atom is -0.309 e. The second-order valence-corrected chi connectivity index (χ2v) is 5.95.